The molecule has 0 radical (unpaired) electrons. The van der Waals surface area contributed by atoms with Crippen LogP contribution in [0, 0.1) is 0 Å². The Hall–Kier alpha value is -5.08. The summed E-state index contributed by atoms with van der Waals surface area (Å²) in [5.41, 5.74) is 6.37. The molecule has 1 fully saturated rings. The predicted octanol–water partition coefficient (Wildman–Crippen LogP) is 8.07. The number of halogens is 1. The molecule has 4 aromatic rings. The first-order valence-electron chi connectivity index (χ1n) is 16.8. The number of anilines is 2. The average molecular weight is 676 g/mol. The summed E-state index contributed by atoms with van der Waals surface area (Å²) in [6.07, 6.45) is 3.09. The van der Waals surface area contributed by atoms with Gasteiger partial charge < -0.3 is 14.4 Å². The molecule has 9 heteroatoms. The van der Waals surface area contributed by atoms with Crippen molar-refractivity contribution in [3.8, 4) is 11.5 Å². The number of urea groups is 1. The second kappa shape index (κ2) is 13.4. The lowest BCUT2D eigenvalue weighted by atomic mass is 9.76. The Labute approximate surface area is 291 Å². The molecule has 1 saturated heterocycles. The van der Waals surface area contributed by atoms with Gasteiger partial charge in [-0.15, -0.1) is 0 Å². The highest BCUT2D eigenvalue weighted by Crippen LogP contribution is 2.50. The fourth-order valence-electron chi connectivity index (χ4n) is 7.31. The summed E-state index contributed by atoms with van der Waals surface area (Å²) < 4.78 is 11.7. The minimum absolute atomic E-state index is 0.0750. The van der Waals surface area contributed by atoms with Gasteiger partial charge in [-0.1, -0.05) is 72.3 Å². The van der Waals surface area contributed by atoms with Gasteiger partial charge in [0.05, 0.1) is 23.4 Å². The summed E-state index contributed by atoms with van der Waals surface area (Å²) in [6, 6.07) is 27.1. The van der Waals surface area contributed by atoms with Gasteiger partial charge in [-0.2, -0.15) is 0 Å². The quantitative estimate of drug-likeness (QED) is 0.150. The number of carbonyl (C=O) groups is 3. The molecule has 3 aliphatic heterocycles. The van der Waals surface area contributed by atoms with Gasteiger partial charge in [0.15, 0.2) is 11.5 Å². The zero-order valence-electron chi connectivity index (χ0n) is 27.7. The van der Waals surface area contributed by atoms with Crippen molar-refractivity contribution in [1.29, 1.82) is 0 Å². The van der Waals surface area contributed by atoms with Gasteiger partial charge in [0, 0.05) is 30.6 Å². The standard InChI is InChI=1S/C40H38ClN3O5/c1-4-48-35-21-25(20-34(41)37(35)49-24(2)3)19-33-38(45)42-40(47)44(39(33)46)28-22-31-29(26-11-7-5-8-12-26)15-17-43-18-16-30(32(23-28)36(31)43)27-13-9-6-10-14-27/h5-14,19-24,29-30H,4,15-18H2,1-3H3,(H,42,45,47)/b33-19+/t29-,30-/m1/s1. The molecule has 0 aromatic heterocycles. The zero-order valence-corrected chi connectivity index (χ0v) is 28.5. The summed E-state index contributed by atoms with van der Waals surface area (Å²) in [4.78, 5) is 44.6. The number of nitrogens with one attached hydrogen (secondary N) is 1. The number of ether oxygens (including phenoxy) is 2. The van der Waals surface area contributed by atoms with E-state index in [2.05, 4.69) is 34.5 Å². The smallest absolute Gasteiger partial charge is 0.335 e. The van der Waals surface area contributed by atoms with E-state index in [1.807, 2.05) is 69.3 Å². The van der Waals surface area contributed by atoms with Crippen LogP contribution in [0.4, 0.5) is 16.2 Å². The normalized spacial score (nSPS) is 19.6. The molecule has 7 rings (SSSR count). The van der Waals surface area contributed by atoms with Crippen molar-refractivity contribution >= 4 is 46.9 Å². The maximum absolute atomic E-state index is 14.3. The van der Waals surface area contributed by atoms with Crippen molar-refractivity contribution in [2.75, 3.05) is 29.5 Å². The van der Waals surface area contributed by atoms with Gasteiger partial charge in [0.1, 0.15) is 5.57 Å². The van der Waals surface area contributed by atoms with Gasteiger partial charge in [-0.05, 0) is 91.8 Å². The van der Waals surface area contributed by atoms with Crippen molar-refractivity contribution in [2.24, 2.45) is 0 Å². The molecule has 0 spiro atoms. The highest BCUT2D eigenvalue weighted by atomic mass is 35.5. The zero-order chi connectivity index (χ0) is 34.2. The van der Waals surface area contributed by atoms with E-state index < -0.39 is 17.8 Å². The van der Waals surface area contributed by atoms with Crippen LogP contribution < -0.4 is 24.6 Å². The van der Waals surface area contributed by atoms with Crippen molar-refractivity contribution in [2.45, 2.75) is 51.6 Å². The maximum Gasteiger partial charge on any atom is 0.335 e. The Bertz CT molecular complexity index is 1890. The van der Waals surface area contributed by atoms with E-state index in [-0.39, 0.29) is 28.5 Å². The largest absolute Gasteiger partial charge is 0.490 e. The van der Waals surface area contributed by atoms with Gasteiger partial charge in [-0.3, -0.25) is 14.9 Å². The molecular formula is C40H38ClN3O5. The topological polar surface area (TPSA) is 88.2 Å². The molecule has 250 valence electrons. The lowest BCUT2D eigenvalue weighted by Gasteiger charge is -2.44. The van der Waals surface area contributed by atoms with E-state index in [1.54, 1.807) is 12.1 Å². The molecule has 4 aromatic carbocycles. The third kappa shape index (κ3) is 6.17. The van der Waals surface area contributed by atoms with E-state index in [4.69, 9.17) is 21.1 Å². The maximum atomic E-state index is 14.3. The molecule has 1 N–H and O–H groups in total. The van der Waals surface area contributed by atoms with Crippen molar-refractivity contribution in [3.63, 3.8) is 0 Å². The third-order valence-electron chi connectivity index (χ3n) is 9.36. The summed E-state index contributed by atoms with van der Waals surface area (Å²) >= 11 is 6.61. The van der Waals surface area contributed by atoms with E-state index in [9.17, 15) is 14.4 Å². The second-order valence-corrected chi connectivity index (χ2v) is 13.3. The SMILES string of the molecule is CCOc1cc(/C=C2\C(=O)NC(=O)N(c3cc4c5c(c3)[C@@H](c3ccccc3)CCN5CC[C@@H]4c3ccccc3)C2=O)cc(Cl)c1OC(C)C. The third-order valence-corrected chi connectivity index (χ3v) is 9.64. The number of hydrogen-bond donors (Lipinski definition) is 1. The minimum Gasteiger partial charge on any atom is -0.490 e. The predicted molar refractivity (Wildman–Crippen MR) is 192 cm³/mol. The van der Waals surface area contributed by atoms with Crippen LogP contribution in [0.1, 0.15) is 73.3 Å². The van der Waals surface area contributed by atoms with Crippen LogP contribution in [0.3, 0.4) is 0 Å². The van der Waals surface area contributed by atoms with Crippen LogP contribution >= 0.6 is 11.6 Å². The molecular weight excluding hydrogens is 638 g/mol. The lowest BCUT2D eigenvalue weighted by molar-refractivity contribution is -0.122. The first-order chi connectivity index (χ1) is 23.7. The number of hydrogen-bond acceptors (Lipinski definition) is 6. The molecule has 8 nitrogen and oxygen atoms in total. The fourth-order valence-corrected chi connectivity index (χ4v) is 7.58. The van der Waals surface area contributed by atoms with Crippen LogP contribution in [0.2, 0.25) is 5.02 Å². The Morgan fingerprint density at radius 1 is 0.878 bits per heavy atom. The highest BCUT2D eigenvalue weighted by molar-refractivity contribution is 6.39. The van der Waals surface area contributed by atoms with Crippen LogP contribution in [-0.4, -0.2) is 43.6 Å². The van der Waals surface area contributed by atoms with Gasteiger partial charge in [0.25, 0.3) is 11.8 Å². The lowest BCUT2D eigenvalue weighted by Crippen LogP contribution is -2.54. The average Bonchev–Trinajstić information content (AvgIpc) is 3.09. The van der Waals surface area contributed by atoms with Gasteiger partial charge in [-0.25, -0.2) is 9.69 Å². The Balaban J connectivity index is 1.35. The molecule has 0 saturated carbocycles. The number of rotatable bonds is 8. The number of imide groups is 2. The molecule has 49 heavy (non-hydrogen) atoms. The summed E-state index contributed by atoms with van der Waals surface area (Å²) in [6.45, 7) is 7.80. The number of benzene rings is 4. The Morgan fingerprint density at radius 2 is 1.47 bits per heavy atom. The first-order valence-corrected chi connectivity index (χ1v) is 17.2. The minimum atomic E-state index is -0.788. The fraction of sp³-hybridized carbons (Fsp3) is 0.275. The second-order valence-electron chi connectivity index (χ2n) is 12.9. The van der Waals surface area contributed by atoms with E-state index >= 15 is 0 Å². The number of barbiturate groups is 1. The molecule has 0 aliphatic carbocycles. The Kier molecular flexibility index (Phi) is 8.90. The molecule has 4 amide bonds. The summed E-state index contributed by atoms with van der Waals surface area (Å²) in [5.74, 6) is -0.567. The first kappa shape index (κ1) is 32.5. The number of carbonyl (C=O) groups excluding carboxylic acids is 3. The van der Waals surface area contributed by atoms with Gasteiger partial charge >= 0.3 is 6.03 Å². The van der Waals surface area contributed by atoms with Crippen molar-refractivity contribution in [1.82, 2.24) is 5.32 Å². The summed E-state index contributed by atoms with van der Waals surface area (Å²) in [5, 5.41) is 2.68. The molecule has 3 heterocycles. The monoisotopic (exact) mass is 675 g/mol. The van der Waals surface area contributed by atoms with Crippen LogP contribution in [-0.2, 0) is 9.59 Å². The molecule has 0 bridgehead atoms. The van der Waals surface area contributed by atoms with Gasteiger partial charge in [0.2, 0.25) is 0 Å². The molecule has 0 unspecified atom stereocenters. The van der Waals surface area contributed by atoms with Crippen LogP contribution in [0.5, 0.6) is 11.5 Å². The molecule has 3 aliphatic rings. The molecule has 2 atom stereocenters. The van der Waals surface area contributed by atoms with Crippen LogP contribution in [0.25, 0.3) is 6.08 Å². The number of amides is 4. The van der Waals surface area contributed by atoms with E-state index in [0.717, 1.165) is 42.0 Å². The Morgan fingerprint density at radius 3 is 2.02 bits per heavy atom. The highest BCUT2D eigenvalue weighted by Gasteiger charge is 2.40. The number of nitrogens with zero attached hydrogens (tertiary/aromatic N) is 2. The van der Waals surface area contributed by atoms with Crippen molar-refractivity contribution in [3.05, 3.63) is 123 Å². The van der Waals surface area contributed by atoms with E-state index in [1.165, 1.54) is 22.9 Å². The van der Waals surface area contributed by atoms with E-state index in [0.29, 0.717) is 29.4 Å². The van der Waals surface area contributed by atoms with Crippen molar-refractivity contribution < 1.29 is 23.9 Å². The summed E-state index contributed by atoms with van der Waals surface area (Å²) in [7, 11) is 0. The van der Waals surface area contributed by atoms with Crippen LogP contribution in [0.15, 0.2) is 90.5 Å².